The first-order valence-electron chi connectivity index (χ1n) is 5.54. The summed E-state index contributed by atoms with van der Waals surface area (Å²) in [6.07, 6.45) is 3.44. The van der Waals surface area contributed by atoms with Crippen molar-refractivity contribution >= 4 is 34.2 Å². The van der Waals surface area contributed by atoms with Crippen LogP contribution in [0, 0.1) is 0 Å². The van der Waals surface area contributed by atoms with Gasteiger partial charge in [0.15, 0.2) is 10.4 Å². The van der Waals surface area contributed by atoms with E-state index in [2.05, 4.69) is 26.6 Å². The molecule has 3 atom stereocenters. The van der Waals surface area contributed by atoms with Gasteiger partial charge in [0, 0.05) is 18.1 Å². The van der Waals surface area contributed by atoms with Gasteiger partial charge < -0.3 is 15.1 Å². The Morgan fingerprint density at radius 3 is 2.82 bits per heavy atom. The molecular formula is C11H14BrClN2O2. The van der Waals surface area contributed by atoms with Gasteiger partial charge in [0.2, 0.25) is 0 Å². The van der Waals surface area contributed by atoms with Gasteiger partial charge in [-0.05, 0) is 47.3 Å². The lowest BCUT2D eigenvalue weighted by Crippen LogP contribution is -2.42. The van der Waals surface area contributed by atoms with Crippen molar-refractivity contribution in [2.45, 2.75) is 37.4 Å². The van der Waals surface area contributed by atoms with Crippen LogP contribution in [0.15, 0.2) is 21.2 Å². The molecule has 17 heavy (non-hydrogen) atoms. The topological polar surface area (TPSA) is 54.3 Å². The molecule has 1 amide bonds. The van der Waals surface area contributed by atoms with Crippen LogP contribution in [0.25, 0.3) is 0 Å². The number of rotatable bonds is 2. The molecule has 1 aromatic rings. The summed E-state index contributed by atoms with van der Waals surface area (Å²) in [5.74, 6) is 0.250. The number of hydrogen-bond acceptors (Lipinski definition) is 3. The number of carbonyl (C=O) groups is 1. The minimum atomic E-state index is -0.120. The number of furan rings is 1. The molecule has 0 radical (unpaired) electrons. The third-order valence-corrected chi connectivity index (χ3v) is 3.84. The predicted octanol–water partition coefficient (Wildman–Crippen LogP) is 2.09. The highest BCUT2D eigenvalue weighted by molar-refractivity contribution is 9.10. The average molecular weight is 322 g/mol. The molecule has 4 nitrogen and oxygen atoms in total. The molecule has 1 aromatic heterocycles. The summed E-state index contributed by atoms with van der Waals surface area (Å²) >= 11 is 3.19. The Hall–Kier alpha value is -0.520. The zero-order valence-electron chi connectivity index (χ0n) is 9.11. The molecule has 6 heteroatoms. The van der Waals surface area contributed by atoms with E-state index in [4.69, 9.17) is 4.42 Å². The molecule has 0 aliphatic carbocycles. The molecule has 94 valence electrons. The lowest BCUT2D eigenvalue weighted by Gasteiger charge is -2.20. The van der Waals surface area contributed by atoms with Gasteiger partial charge in [-0.25, -0.2) is 0 Å². The molecule has 3 heterocycles. The van der Waals surface area contributed by atoms with E-state index in [0.717, 1.165) is 12.8 Å². The molecule has 2 bridgehead atoms. The van der Waals surface area contributed by atoms with Crippen molar-refractivity contribution in [2.75, 3.05) is 0 Å². The first-order chi connectivity index (χ1) is 7.72. The van der Waals surface area contributed by atoms with E-state index in [0.29, 0.717) is 22.5 Å². The summed E-state index contributed by atoms with van der Waals surface area (Å²) in [7, 11) is 0. The zero-order chi connectivity index (χ0) is 11.1. The molecule has 2 saturated heterocycles. The summed E-state index contributed by atoms with van der Waals surface area (Å²) < 4.78 is 5.81. The number of carbonyl (C=O) groups excluding carboxylic acids is 1. The van der Waals surface area contributed by atoms with Gasteiger partial charge in [0.05, 0.1) is 0 Å². The highest BCUT2D eigenvalue weighted by Gasteiger charge is 2.39. The van der Waals surface area contributed by atoms with Gasteiger partial charge in [-0.1, -0.05) is 0 Å². The Labute approximate surface area is 114 Å². The van der Waals surface area contributed by atoms with Crippen LogP contribution in [0.2, 0.25) is 0 Å². The second-order valence-electron chi connectivity index (χ2n) is 4.47. The maximum Gasteiger partial charge on any atom is 0.287 e. The quantitative estimate of drug-likeness (QED) is 0.877. The van der Waals surface area contributed by atoms with Gasteiger partial charge in [0.25, 0.3) is 5.91 Å². The van der Waals surface area contributed by atoms with E-state index in [1.54, 1.807) is 12.1 Å². The van der Waals surface area contributed by atoms with Gasteiger partial charge in [-0.2, -0.15) is 0 Å². The number of hydrogen-bond donors (Lipinski definition) is 2. The Kier molecular flexibility index (Phi) is 3.80. The molecule has 3 rings (SSSR count). The molecule has 0 spiro atoms. The summed E-state index contributed by atoms with van der Waals surface area (Å²) in [5, 5.41) is 6.51. The normalized spacial score (nSPS) is 30.1. The maximum atomic E-state index is 11.8. The van der Waals surface area contributed by atoms with Crippen molar-refractivity contribution in [3.05, 3.63) is 22.6 Å². The summed E-state index contributed by atoms with van der Waals surface area (Å²) in [6.45, 7) is 0. The van der Waals surface area contributed by atoms with Crippen molar-refractivity contribution in [3.8, 4) is 0 Å². The molecule has 2 aliphatic rings. The van der Waals surface area contributed by atoms with E-state index in [1.807, 2.05) is 0 Å². The fourth-order valence-corrected chi connectivity index (χ4v) is 2.97. The third-order valence-electron chi connectivity index (χ3n) is 3.41. The van der Waals surface area contributed by atoms with Gasteiger partial charge in [-0.3, -0.25) is 4.79 Å². The highest BCUT2D eigenvalue weighted by atomic mass is 79.9. The van der Waals surface area contributed by atoms with Crippen LogP contribution in [0.5, 0.6) is 0 Å². The van der Waals surface area contributed by atoms with Crippen LogP contribution in [0.4, 0.5) is 0 Å². The van der Waals surface area contributed by atoms with Crippen LogP contribution < -0.4 is 10.6 Å². The zero-order valence-corrected chi connectivity index (χ0v) is 11.5. The average Bonchev–Trinajstić information content (AvgIpc) is 2.92. The number of fused-ring (bicyclic) bond motifs is 2. The smallest absolute Gasteiger partial charge is 0.287 e. The number of halogens is 2. The third kappa shape index (κ3) is 2.51. The first kappa shape index (κ1) is 12.9. The van der Waals surface area contributed by atoms with Crippen molar-refractivity contribution in [3.63, 3.8) is 0 Å². The van der Waals surface area contributed by atoms with Crippen LogP contribution in [0.3, 0.4) is 0 Å². The van der Waals surface area contributed by atoms with E-state index >= 15 is 0 Å². The minimum absolute atomic E-state index is 0. The van der Waals surface area contributed by atoms with E-state index in [9.17, 15) is 4.79 Å². The fraction of sp³-hybridized carbons (Fsp3) is 0.545. The fourth-order valence-electron chi connectivity index (χ4n) is 2.66. The Balaban J connectivity index is 0.00000108. The molecule has 0 unspecified atom stereocenters. The largest absolute Gasteiger partial charge is 0.444 e. The number of amides is 1. The molecule has 2 fully saturated rings. The standard InChI is InChI=1S/C11H13BrN2O2.ClH/c12-10-4-3-9(16-10)11(15)14-8-5-6-1-2-7(8)13-6;/h3-4,6-8,13H,1-2,5H2,(H,14,15);1H/t6-,7+,8-;/m1./s1. The molecule has 0 saturated carbocycles. The second-order valence-corrected chi connectivity index (χ2v) is 5.25. The Bertz CT molecular complexity index is 423. The first-order valence-corrected chi connectivity index (χ1v) is 6.34. The van der Waals surface area contributed by atoms with E-state index < -0.39 is 0 Å². The van der Waals surface area contributed by atoms with Gasteiger partial charge in [0.1, 0.15) is 0 Å². The molecular weight excluding hydrogens is 307 g/mol. The minimum Gasteiger partial charge on any atom is -0.444 e. The van der Waals surface area contributed by atoms with Gasteiger partial charge in [-0.15, -0.1) is 12.4 Å². The maximum absolute atomic E-state index is 11.8. The number of nitrogens with one attached hydrogen (secondary N) is 2. The highest BCUT2D eigenvalue weighted by Crippen LogP contribution is 2.28. The van der Waals surface area contributed by atoms with Gasteiger partial charge >= 0.3 is 0 Å². The lowest BCUT2D eigenvalue weighted by molar-refractivity contribution is 0.0901. The van der Waals surface area contributed by atoms with Crippen molar-refractivity contribution in [1.82, 2.24) is 10.6 Å². The van der Waals surface area contributed by atoms with Crippen molar-refractivity contribution < 1.29 is 9.21 Å². The summed E-state index contributed by atoms with van der Waals surface area (Å²) in [6, 6.07) is 4.72. The molecule has 2 N–H and O–H groups in total. The predicted molar refractivity (Wildman–Crippen MR) is 69.5 cm³/mol. The van der Waals surface area contributed by atoms with Crippen LogP contribution in [-0.2, 0) is 0 Å². The summed E-state index contributed by atoms with van der Waals surface area (Å²) in [5.41, 5.74) is 0. The Morgan fingerprint density at radius 2 is 2.29 bits per heavy atom. The molecule has 0 aromatic carbocycles. The van der Waals surface area contributed by atoms with Crippen LogP contribution in [-0.4, -0.2) is 24.0 Å². The SMILES string of the molecule is Cl.O=C(N[C@@H]1C[C@H]2CC[C@@H]1N2)c1ccc(Br)o1. The molecule has 2 aliphatic heterocycles. The monoisotopic (exact) mass is 320 g/mol. The lowest BCUT2D eigenvalue weighted by atomic mass is 9.95. The van der Waals surface area contributed by atoms with E-state index in [-0.39, 0.29) is 24.4 Å². The summed E-state index contributed by atoms with van der Waals surface area (Å²) in [4.78, 5) is 11.8. The van der Waals surface area contributed by atoms with Crippen LogP contribution >= 0.6 is 28.3 Å². The van der Waals surface area contributed by atoms with Crippen molar-refractivity contribution in [1.29, 1.82) is 0 Å². The Morgan fingerprint density at radius 1 is 1.47 bits per heavy atom. The second kappa shape index (κ2) is 5.00. The van der Waals surface area contributed by atoms with Crippen LogP contribution in [0.1, 0.15) is 29.8 Å². The van der Waals surface area contributed by atoms with Crippen molar-refractivity contribution in [2.24, 2.45) is 0 Å². The van der Waals surface area contributed by atoms with E-state index in [1.165, 1.54) is 6.42 Å².